The minimum atomic E-state index is -1.15. The molecule has 0 saturated carbocycles. The fourth-order valence-electron chi connectivity index (χ4n) is 4.98. The van der Waals surface area contributed by atoms with Crippen molar-refractivity contribution in [3.63, 3.8) is 0 Å². The first-order valence-corrected chi connectivity index (χ1v) is 10.4. The Hall–Kier alpha value is -2.30. The molecule has 152 valence electrons. The van der Waals surface area contributed by atoms with Crippen LogP contribution >= 0.6 is 0 Å². The van der Waals surface area contributed by atoms with Crippen molar-refractivity contribution in [3.8, 4) is 0 Å². The van der Waals surface area contributed by atoms with Crippen molar-refractivity contribution in [2.75, 3.05) is 20.1 Å². The lowest BCUT2D eigenvalue weighted by Crippen LogP contribution is -2.63. The fourth-order valence-corrected chi connectivity index (χ4v) is 4.98. The van der Waals surface area contributed by atoms with Gasteiger partial charge in [0.25, 0.3) is 0 Å². The molecule has 1 aromatic carbocycles. The minimum absolute atomic E-state index is 0.164. The number of carbonyl (C=O) groups is 1. The van der Waals surface area contributed by atoms with Crippen LogP contribution in [0.1, 0.15) is 61.8 Å². The third kappa shape index (κ3) is 3.34. The average molecular weight is 391 g/mol. The Balaban J connectivity index is 1.81. The van der Waals surface area contributed by atoms with Crippen LogP contribution in [0.5, 0.6) is 0 Å². The summed E-state index contributed by atoms with van der Waals surface area (Å²) < 4.78 is 0. The number of aromatic nitrogens is 1. The van der Waals surface area contributed by atoms with Gasteiger partial charge in [-0.1, -0.05) is 45.0 Å². The van der Waals surface area contributed by atoms with Crippen LogP contribution in [0.4, 0.5) is 0 Å². The normalized spacial score (nSPS) is 21.0. The number of ketones is 1. The molecule has 29 heavy (non-hydrogen) atoms. The number of benzene rings is 1. The second-order valence-electron chi connectivity index (χ2n) is 9.32. The molecule has 2 heterocycles. The van der Waals surface area contributed by atoms with Crippen LogP contribution in [0.2, 0.25) is 0 Å². The van der Waals surface area contributed by atoms with E-state index in [4.69, 9.17) is 0 Å². The van der Waals surface area contributed by atoms with Gasteiger partial charge in [-0.15, -0.1) is 0 Å². The Morgan fingerprint density at radius 2 is 1.79 bits per heavy atom. The summed E-state index contributed by atoms with van der Waals surface area (Å²) in [7, 11) is 2.08. The molecule has 1 N–H and O–H groups in total. The lowest BCUT2D eigenvalue weighted by molar-refractivity contribution is -0.127. The summed E-state index contributed by atoms with van der Waals surface area (Å²) in [5.41, 5.74) is 3.42. The van der Waals surface area contributed by atoms with E-state index < -0.39 is 5.60 Å². The number of hydrogen-bond donors (Lipinski definition) is 1. The molecule has 4 heteroatoms. The zero-order valence-corrected chi connectivity index (χ0v) is 17.8. The van der Waals surface area contributed by atoms with E-state index in [2.05, 4.69) is 62.0 Å². The highest BCUT2D eigenvalue weighted by Gasteiger charge is 2.55. The second-order valence-corrected chi connectivity index (χ2v) is 9.32. The van der Waals surface area contributed by atoms with Gasteiger partial charge in [0.1, 0.15) is 5.60 Å². The largest absolute Gasteiger partial charge is 0.380 e. The van der Waals surface area contributed by atoms with Gasteiger partial charge in [0.2, 0.25) is 0 Å². The first-order chi connectivity index (χ1) is 13.7. The summed E-state index contributed by atoms with van der Waals surface area (Å²) in [4.78, 5) is 18.4. The smallest absolute Gasteiger partial charge is 0.156 e. The molecular formula is C25H30N2O2. The third-order valence-electron chi connectivity index (χ3n) is 6.61. The van der Waals surface area contributed by atoms with Crippen LogP contribution in [0.3, 0.4) is 0 Å². The van der Waals surface area contributed by atoms with Crippen LogP contribution < -0.4 is 0 Å². The molecule has 2 aromatic rings. The molecule has 1 saturated heterocycles. The third-order valence-corrected chi connectivity index (χ3v) is 6.61. The molecule has 1 aliphatic heterocycles. The molecule has 4 rings (SSSR count). The quantitative estimate of drug-likeness (QED) is 0.834. The van der Waals surface area contributed by atoms with Crippen molar-refractivity contribution >= 4 is 11.4 Å². The van der Waals surface area contributed by atoms with Gasteiger partial charge in [0, 0.05) is 42.9 Å². The van der Waals surface area contributed by atoms with Gasteiger partial charge in [-0.2, -0.15) is 0 Å². The number of hydrogen-bond acceptors (Lipinski definition) is 4. The molecule has 1 aromatic heterocycles. The zero-order valence-electron chi connectivity index (χ0n) is 17.8. The number of nitrogens with zero attached hydrogens (tertiary/aromatic N) is 2. The predicted octanol–water partition coefficient (Wildman–Crippen LogP) is 4.14. The Bertz CT molecular complexity index is 955. The highest BCUT2D eigenvalue weighted by Crippen LogP contribution is 2.50. The average Bonchev–Trinajstić information content (AvgIpc) is 3.13. The van der Waals surface area contributed by atoms with Gasteiger partial charge in [-0.3, -0.25) is 9.78 Å². The number of likely N-dealkylation sites (tertiary alicyclic amines) is 1. The molecule has 4 nitrogen and oxygen atoms in total. The standard InChI is InChI=1S/C25H30N2O2/c1-17(2)18-5-8-21(9-6-18)25(29,24(3)15-27(4)16-24)22-11-20(13-26-14-22)19-7-10-23(28)12-19/h5-6,8-9,11-14,17,29H,7,10,15-16H2,1-4H3. The topological polar surface area (TPSA) is 53.4 Å². The molecule has 0 radical (unpaired) electrons. The van der Waals surface area contributed by atoms with Crippen LogP contribution in [-0.4, -0.2) is 40.9 Å². The van der Waals surface area contributed by atoms with Gasteiger partial charge in [-0.25, -0.2) is 0 Å². The van der Waals surface area contributed by atoms with Crippen LogP contribution in [0.15, 0.2) is 48.8 Å². The van der Waals surface area contributed by atoms with Gasteiger partial charge < -0.3 is 10.0 Å². The molecule has 0 bridgehead atoms. The van der Waals surface area contributed by atoms with Gasteiger partial charge in [-0.05, 0) is 53.8 Å². The van der Waals surface area contributed by atoms with Crippen molar-refractivity contribution in [3.05, 3.63) is 71.1 Å². The SMILES string of the molecule is CC(C)c1ccc(C(O)(c2cncc(C3=CC(=O)CC3)c2)C2(C)CN(C)C2)cc1. The number of rotatable bonds is 5. The molecule has 0 spiro atoms. The van der Waals surface area contributed by atoms with Crippen LogP contribution in [-0.2, 0) is 10.4 Å². The summed E-state index contributed by atoms with van der Waals surface area (Å²) in [6.45, 7) is 8.11. The van der Waals surface area contributed by atoms with E-state index in [1.807, 2.05) is 6.07 Å². The second kappa shape index (κ2) is 7.19. The Morgan fingerprint density at radius 1 is 1.10 bits per heavy atom. The van der Waals surface area contributed by atoms with E-state index >= 15 is 0 Å². The molecule has 0 amide bonds. The van der Waals surface area contributed by atoms with Crippen LogP contribution in [0, 0.1) is 5.41 Å². The van der Waals surface area contributed by atoms with Crippen molar-refractivity contribution in [1.29, 1.82) is 0 Å². The van der Waals surface area contributed by atoms with Crippen molar-refractivity contribution in [2.45, 2.75) is 45.1 Å². The van der Waals surface area contributed by atoms with E-state index in [1.165, 1.54) is 5.56 Å². The highest BCUT2D eigenvalue weighted by molar-refractivity contribution is 6.01. The zero-order chi connectivity index (χ0) is 20.8. The van der Waals surface area contributed by atoms with Gasteiger partial charge in [0.15, 0.2) is 5.78 Å². The Kier molecular flexibility index (Phi) is 4.96. The summed E-state index contributed by atoms with van der Waals surface area (Å²) in [6.07, 6.45) is 6.59. The molecule has 1 atom stereocenters. The number of allylic oxidation sites excluding steroid dienone is 2. The van der Waals surface area contributed by atoms with E-state index in [9.17, 15) is 9.90 Å². The summed E-state index contributed by atoms with van der Waals surface area (Å²) in [6, 6.07) is 10.4. The summed E-state index contributed by atoms with van der Waals surface area (Å²) in [5, 5.41) is 12.2. The van der Waals surface area contributed by atoms with Crippen molar-refractivity contribution < 1.29 is 9.90 Å². The molecule has 1 aliphatic carbocycles. The number of carbonyl (C=O) groups excluding carboxylic acids is 1. The molecule has 2 aliphatic rings. The number of pyridine rings is 1. The summed E-state index contributed by atoms with van der Waals surface area (Å²) >= 11 is 0. The minimum Gasteiger partial charge on any atom is -0.380 e. The fraction of sp³-hybridized carbons (Fsp3) is 0.440. The van der Waals surface area contributed by atoms with E-state index in [0.29, 0.717) is 12.3 Å². The van der Waals surface area contributed by atoms with Crippen molar-refractivity contribution in [1.82, 2.24) is 9.88 Å². The maximum absolute atomic E-state index is 12.2. The lowest BCUT2D eigenvalue weighted by Gasteiger charge is -2.56. The lowest BCUT2D eigenvalue weighted by atomic mass is 9.62. The van der Waals surface area contributed by atoms with Gasteiger partial charge >= 0.3 is 0 Å². The summed E-state index contributed by atoms with van der Waals surface area (Å²) in [5.74, 6) is 0.608. The molecular weight excluding hydrogens is 360 g/mol. The molecule has 1 fully saturated rings. The predicted molar refractivity (Wildman–Crippen MR) is 116 cm³/mol. The van der Waals surface area contributed by atoms with Crippen LogP contribution in [0.25, 0.3) is 5.57 Å². The van der Waals surface area contributed by atoms with E-state index in [-0.39, 0.29) is 11.2 Å². The van der Waals surface area contributed by atoms with E-state index in [0.717, 1.165) is 41.8 Å². The Labute approximate surface area is 173 Å². The van der Waals surface area contributed by atoms with Crippen molar-refractivity contribution in [2.24, 2.45) is 5.41 Å². The first-order valence-electron chi connectivity index (χ1n) is 10.4. The van der Waals surface area contributed by atoms with Gasteiger partial charge in [0.05, 0.1) is 0 Å². The first kappa shape index (κ1) is 20.0. The van der Waals surface area contributed by atoms with E-state index in [1.54, 1.807) is 18.5 Å². The maximum atomic E-state index is 12.2. The Morgan fingerprint density at radius 3 is 2.34 bits per heavy atom. The monoisotopic (exact) mass is 390 g/mol. The maximum Gasteiger partial charge on any atom is 0.156 e. The molecule has 1 unspecified atom stereocenters. The number of aliphatic hydroxyl groups is 1. The highest BCUT2D eigenvalue weighted by atomic mass is 16.3.